The number of nitrogens with two attached hydrogens (primary N) is 2. The molecule has 0 rings (SSSR count). The van der Waals surface area contributed by atoms with E-state index in [1.807, 2.05) is 0 Å². The van der Waals surface area contributed by atoms with Crippen molar-refractivity contribution >= 4 is 0 Å². The van der Waals surface area contributed by atoms with Crippen molar-refractivity contribution < 1.29 is 0 Å². The molecule has 0 fully saturated rings. The Labute approximate surface area is 76.7 Å². The number of hydrogen-bond acceptors (Lipinski definition) is 2. The zero-order valence-electron chi connectivity index (χ0n) is 8.98. The van der Waals surface area contributed by atoms with Crippen molar-refractivity contribution in [3.05, 3.63) is 0 Å². The first-order valence-electron chi connectivity index (χ1n) is 4.91. The SMILES string of the molecule is CCC(N)(CC)CCC(C)(C)N. The molecule has 0 saturated carbocycles. The largest absolute Gasteiger partial charge is 0.326 e. The fourth-order valence-corrected chi connectivity index (χ4v) is 1.17. The van der Waals surface area contributed by atoms with Crippen LogP contribution in [0.2, 0.25) is 0 Å². The van der Waals surface area contributed by atoms with Gasteiger partial charge in [0.2, 0.25) is 0 Å². The molecule has 4 N–H and O–H groups in total. The summed E-state index contributed by atoms with van der Waals surface area (Å²) in [7, 11) is 0. The summed E-state index contributed by atoms with van der Waals surface area (Å²) < 4.78 is 0. The van der Waals surface area contributed by atoms with E-state index >= 15 is 0 Å². The van der Waals surface area contributed by atoms with Gasteiger partial charge in [-0.3, -0.25) is 0 Å². The van der Waals surface area contributed by atoms with E-state index in [4.69, 9.17) is 11.5 Å². The Kier molecular flexibility index (Phi) is 4.21. The molecule has 0 aromatic rings. The molecule has 0 heterocycles. The second-order valence-corrected chi connectivity index (χ2v) is 4.56. The Morgan fingerprint density at radius 2 is 1.33 bits per heavy atom. The molecule has 0 spiro atoms. The van der Waals surface area contributed by atoms with Crippen molar-refractivity contribution in [3.8, 4) is 0 Å². The maximum atomic E-state index is 6.15. The average molecular weight is 172 g/mol. The summed E-state index contributed by atoms with van der Waals surface area (Å²) in [6.07, 6.45) is 4.12. The van der Waals surface area contributed by atoms with E-state index in [2.05, 4.69) is 27.7 Å². The molecule has 74 valence electrons. The first-order valence-corrected chi connectivity index (χ1v) is 4.91. The maximum absolute atomic E-state index is 6.15. The van der Waals surface area contributed by atoms with Crippen molar-refractivity contribution in [1.29, 1.82) is 0 Å². The van der Waals surface area contributed by atoms with Gasteiger partial charge < -0.3 is 11.5 Å². The second kappa shape index (κ2) is 4.24. The van der Waals surface area contributed by atoms with Gasteiger partial charge in [0.1, 0.15) is 0 Å². The van der Waals surface area contributed by atoms with Crippen molar-refractivity contribution in [1.82, 2.24) is 0 Å². The molecule has 0 aliphatic rings. The van der Waals surface area contributed by atoms with Crippen LogP contribution in [0.25, 0.3) is 0 Å². The van der Waals surface area contributed by atoms with Gasteiger partial charge >= 0.3 is 0 Å². The van der Waals surface area contributed by atoms with Crippen molar-refractivity contribution in [2.45, 2.75) is 64.5 Å². The maximum Gasteiger partial charge on any atom is 0.0149 e. The lowest BCUT2D eigenvalue weighted by atomic mass is 9.84. The van der Waals surface area contributed by atoms with E-state index in [1.165, 1.54) is 0 Å². The Morgan fingerprint density at radius 3 is 1.58 bits per heavy atom. The van der Waals surface area contributed by atoms with Gasteiger partial charge in [0.05, 0.1) is 0 Å². The average Bonchev–Trinajstić information content (AvgIpc) is 1.99. The van der Waals surface area contributed by atoms with Crippen LogP contribution in [-0.4, -0.2) is 11.1 Å². The Balaban J connectivity index is 3.89. The smallest absolute Gasteiger partial charge is 0.0149 e. The quantitative estimate of drug-likeness (QED) is 0.666. The minimum absolute atomic E-state index is 0.0106. The van der Waals surface area contributed by atoms with Crippen molar-refractivity contribution in [2.24, 2.45) is 11.5 Å². The zero-order valence-corrected chi connectivity index (χ0v) is 8.98. The van der Waals surface area contributed by atoms with Gasteiger partial charge in [-0.05, 0) is 39.5 Å². The minimum atomic E-state index is -0.0744. The van der Waals surface area contributed by atoms with Crippen LogP contribution < -0.4 is 11.5 Å². The Bertz CT molecular complexity index is 120. The highest BCUT2D eigenvalue weighted by molar-refractivity contribution is 4.85. The molecule has 2 nitrogen and oxygen atoms in total. The molecule has 0 aromatic heterocycles. The van der Waals surface area contributed by atoms with Gasteiger partial charge in [0.15, 0.2) is 0 Å². The lowest BCUT2D eigenvalue weighted by molar-refractivity contribution is 0.316. The molecule has 12 heavy (non-hydrogen) atoms. The first-order chi connectivity index (χ1) is 5.33. The standard InChI is InChI=1S/C10H24N2/c1-5-10(12,6-2)8-7-9(3,4)11/h5-8,11-12H2,1-4H3. The van der Waals surface area contributed by atoms with Crippen LogP contribution >= 0.6 is 0 Å². The summed E-state index contributed by atoms with van der Waals surface area (Å²) in [5.41, 5.74) is 12.0. The molecule has 0 aliphatic carbocycles. The summed E-state index contributed by atoms with van der Waals surface area (Å²) >= 11 is 0. The predicted molar refractivity (Wildman–Crippen MR) is 55.0 cm³/mol. The van der Waals surface area contributed by atoms with Gasteiger partial charge in [0, 0.05) is 11.1 Å². The third-order valence-electron chi connectivity index (χ3n) is 2.68. The van der Waals surface area contributed by atoms with Crippen LogP contribution in [0.3, 0.4) is 0 Å². The Hall–Kier alpha value is -0.0800. The molecule has 0 unspecified atom stereocenters. The molecule has 0 aromatic carbocycles. The molecule has 0 radical (unpaired) electrons. The monoisotopic (exact) mass is 172 g/mol. The van der Waals surface area contributed by atoms with Gasteiger partial charge in [0.25, 0.3) is 0 Å². The summed E-state index contributed by atoms with van der Waals surface area (Å²) in [6.45, 7) is 8.40. The second-order valence-electron chi connectivity index (χ2n) is 4.56. The highest BCUT2D eigenvalue weighted by atomic mass is 14.7. The van der Waals surface area contributed by atoms with Crippen LogP contribution in [-0.2, 0) is 0 Å². The van der Waals surface area contributed by atoms with E-state index in [0.29, 0.717) is 0 Å². The molecule has 0 saturated heterocycles. The number of hydrogen-bond donors (Lipinski definition) is 2. The third-order valence-corrected chi connectivity index (χ3v) is 2.68. The number of rotatable bonds is 5. The third kappa shape index (κ3) is 4.73. The molecule has 0 aliphatic heterocycles. The molecule has 0 bridgehead atoms. The normalized spacial score (nSPS) is 13.5. The van der Waals surface area contributed by atoms with E-state index in [1.54, 1.807) is 0 Å². The summed E-state index contributed by atoms with van der Waals surface area (Å²) in [6, 6.07) is 0. The van der Waals surface area contributed by atoms with E-state index < -0.39 is 0 Å². The van der Waals surface area contributed by atoms with E-state index in [-0.39, 0.29) is 11.1 Å². The lowest BCUT2D eigenvalue weighted by Crippen LogP contribution is -2.42. The molecule has 0 amide bonds. The van der Waals surface area contributed by atoms with E-state index in [9.17, 15) is 0 Å². The fourth-order valence-electron chi connectivity index (χ4n) is 1.17. The highest BCUT2D eigenvalue weighted by Gasteiger charge is 2.23. The summed E-state index contributed by atoms with van der Waals surface area (Å²) in [5.74, 6) is 0. The van der Waals surface area contributed by atoms with Gasteiger partial charge in [-0.2, -0.15) is 0 Å². The van der Waals surface area contributed by atoms with Crippen LogP contribution in [0.4, 0.5) is 0 Å². The summed E-state index contributed by atoms with van der Waals surface area (Å²) in [4.78, 5) is 0. The Morgan fingerprint density at radius 1 is 0.917 bits per heavy atom. The topological polar surface area (TPSA) is 52.0 Å². The van der Waals surface area contributed by atoms with Crippen LogP contribution in [0.5, 0.6) is 0 Å². The van der Waals surface area contributed by atoms with Crippen LogP contribution in [0, 0.1) is 0 Å². The van der Waals surface area contributed by atoms with Crippen LogP contribution in [0.1, 0.15) is 53.4 Å². The molecular formula is C10H24N2. The predicted octanol–water partition coefficient (Wildman–Crippen LogP) is 2.02. The summed E-state index contributed by atoms with van der Waals surface area (Å²) in [5, 5.41) is 0. The van der Waals surface area contributed by atoms with Crippen LogP contribution in [0.15, 0.2) is 0 Å². The fraction of sp³-hybridized carbons (Fsp3) is 1.00. The van der Waals surface area contributed by atoms with Gasteiger partial charge in [-0.1, -0.05) is 13.8 Å². The minimum Gasteiger partial charge on any atom is -0.326 e. The van der Waals surface area contributed by atoms with Crippen molar-refractivity contribution in [2.75, 3.05) is 0 Å². The zero-order chi connectivity index (χ0) is 9.83. The highest BCUT2D eigenvalue weighted by Crippen LogP contribution is 2.21. The van der Waals surface area contributed by atoms with E-state index in [0.717, 1.165) is 25.7 Å². The molecule has 0 atom stereocenters. The lowest BCUT2D eigenvalue weighted by Gasteiger charge is -2.30. The molecule has 2 heteroatoms. The molecular weight excluding hydrogens is 148 g/mol. The van der Waals surface area contributed by atoms with Gasteiger partial charge in [-0.25, -0.2) is 0 Å². The van der Waals surface area contributed by atoms with Crippen molar-refractivity contribution in [3.63, 3.8) is 0 Å². The first kappa shape index (κ1) is 11.9. The van der Waals surface area contributed by atoms with Gasteiger partial charge in [-0.15, -0.1) is 0 Å².